The van der Waals surface area contributed by atoms with Crippen molar-refractivity contribution in [3.05, 3.63) is 42.2 Å². The number of benzene rings is 1. The molecule has 0 bridgehead atoms. The molecule has 0 saturated carbocycles. The van der Waals surface area contributed by atoms with E-state index in [2.05, 4.69) is 57.0 Å². The lowest BCUT2D eigenvalue weighted by atomic mass is 10.2. The first-order valence-electron chi connectivity index (χ1n) is 7.79. The van der Waals surface area contributed by atoms with Crippen LogP contribution in [0.15, 0.2) is 36.4 Å². The van der Waals surface area contributed by atoms with Gasteiger partial charge in [0.2, 0.25) is 0 Å². The number of nitrogens with zero attached hydrogens (tertiary/aromatic N) is 4. The molecule has 5 nitrogen and oxygen atoms in total. The molecule has 0 radical (unpaired) electrons. The quantitative estimate of drug-likeness (QED) is 0.868. The van der Waals surface area contributed by atoms with Crippen molar-refractivity contribution in [2.24, 2.45) is 0 Å². The smallest absolute Gasteiger partial charge is 0.138 e. The number of rotatable bonds is 4. The summed E-state index contributed by atoms with van der Waals surface area (Å²) in [6.07, 6.45) is 0. The van der Waals surface area contributed by atoms with Crippen molar-refractivity contribution in [1.82, 2.24) is 9.97 Å². The molecule has 3 rings (SSSR count). The number of hydrogen-bond donors (Lipinski definition) is 0. The Balaban J connectivity index is 1.93. The minimum Gasteiger partial charge on any atom is -0.378 e. The molecule has 1 aromatic carbocycles. The van der Waals surface area contributed by atoms with Gasteiger partial charge in [-0.2, -0.15) is 0 Å². The van der Waals surface area contributed by atoms with Gasteiger partial charge in [0.1, 0.15) is 17.5 Å². The molecule has 1 aliphatic heterocycles. The number of anilines is 3. The highest BCUT2D eigenvalue weighted by Crippen LogP contribution is 2.26. The first-order chi connectivity index (χ1) is 10.8. The Labute approximate surface area is 131 Å². The number of ether oxygens (including phenoxy) is 1. The molecule has 2 aromatic rings. The van der Waals surface area contributed by atoms with Crippen molar-refractivity contribution < 1.29 is 4.74 Å². The topological polar surface area (TPSA) is 41.5 Å². The van der Waals surface area contributed by atoms with E-state index in [1.165, 1.54) is 0 Å². The van der Waals surface area contributed by atoms with E-state index < -0.39 is 0 Å². The van der Waals surface area contributed by atoms with E-state index in [-0.39, 0.29) is 0 Å². The highest BCUT2D eigenvalue weighted by atomic mass is 16.5. The molecule has 116 valence electrons. The van der Waals surface area contributed by atoms with E-state index in [9.17, 15) is 0 Å². The molecular weight excluding hydrogens is 276 g/mol. The van der Waals surface area contributed by atoms with Gasteiger partial charge in [0.25, 0.3) is 0 Å². The molecule has 1 aliphatic rings. The van der Waals surface area contributed by atoms with Crippen LogP contribution in [0.4, 0.5) is 17.3 Å². The molecule has 0 atom stereocenters. The third kappa shape index (κ3) is 3.20. The molecule has 0 amide bonds. The monoisotopic (exact) mass is 298 g/mol. The van der Waals surface area contributed by atoms with Gasteiger partial charge in [-0.3, -0.25) is 0 Å². The van der Waals surface area contributed by atoms with Crippen LogP contribution in [-0.4, -0.2) is 42.8 Å². The summed E-state index contributed by atoms with van der Waals surface area (Å²) in [4.78, 5) is 13.7. The standard InChI is InChI=1S/C17H22N4O/c1-3-21(15-7-5-4-6-8-15)17-13-16(18-14(2)19-17)20-9-11-22-12-10-20/h4-8,13H,3,9-12H2,1-2H3. The Hall–Kier alpha value is -2.14. The maximum absolute atomic E-state index is 5.42. The SMILES string of the molecule is CCN(c1ccccc1)c1cc(N2CCOCC2)nc(C)n1. The van der Waals surface area contributed by atoms with Gasteiger partial charge in [-0.1, -0.05) is 18.2 Å². The molecule has 0 aliphatic carbocycles. The van der Waals surface area contributed by atoms with Crippen molar-refractivity contribution in [1.29, 1.82) is 0 Å². The fourth-order valence-corrected chi connectivity index (χ4v) is 2.71. The van der Waals surface area contributed by atoms with Crippen molar-refractivity contribution in [2.45, 2.75) is 13.8 Å². The van der Waals surface area contributed by atoms with Crippen molar-refractivity contribution in [3.8, 4) is 0 Å². The number of aryl methyl sites for hydroxylation is 1. The molecule has 0 unspecified atom stereocenters. The lowest BCUT2D eigenvalue weighted by Gasteiger charge is -2.29. The van der Waals surface area contributed by atoms with Gasteiger partial charge in [0.05, 0.1) is 13.2 Å². The zero-order valence-electron chi connectivity index (χ0n) is 13.2. The number of hydrogen-bond acceptors (Lipinski definition) is 5. The Kier molecular flexibility index (Phi) is 4.53. The lowest BCUT2D eigenvalue weighted by Crippen LogP contribution is -2.37. The molecule has 1 saturated heterocycles. The second kappa shape index (κ2) is 6.75. The van der Waals surface area contributed by atoms with Gasteiger partial charge >= 0.3 is 0 Å². The summed E-state index contributed by atoms with van der Waals surface area (Å²) in [6.45, 7) is 8.23. The number of aromatic nitrogens is 2. The van der Waals surface area contributed by atoms with E-state index >= 15 is 0 Å². The first-order valence-corrected chi connectivity index (χ1v) is 7.79. The third-order valence-corrected chi connectivity index (χ3v) is 3.81. The Morgan fingerprint density at radius 2 is 1.86 bits per heavy atom. The second-order valence-electron chi connectivity index (χ2n) is 5.31. The van der Waals surface area contributed by atoms with E-state index in [1.54, 1.807) is 0 Å². The van der Waals surface area contributed by atoms with E-state index in [1.807, 2.05) is 13.0 Å². The van der Waals surface area contributed by atoms with Crippen LogP contribution in [0.1, 0.15) is 12.7 Å². The Morgan fingerprint density at radius 1 is 1.14 bits per heavy atom. The summed E-state index contributed by atoms with van der Waals surface area (Å²) in [5, 5.41) is 0. The molecular formula is C17H22N4O. The Morgan fingerprint density at radius 3 is 2.55 bits per heavy atom. The molecule has 0 spiro atoms. The summed E-state index contributed by atoms with van der Waals surface area (Å²) >= 11 is 0. The Bertz CT molecular complexity index is 611. The van der Waals surface area contributed by atoms with Gasteiger partial charge in [0, 0.05) is 31.4 Å². The van der Waals surface area contributed by atoms with Crippen LogP contribution in [0.3, 0.4) is 0 Å². The van der Waals surface area contributed by atoms with E-state index in [0.29, 0.717) is 0 Å². The van der Waals surface area contributed by atoms with Gasteiger partial charge in [0.15, 0.2) is 0 Å². The summed E-state index contributed by atoms with van der Waals surface area (Å²) in [6, 6.07) is 12.4. The minimum atomic E-state index is 0.758. The van der Waals surface area contributed by atoms with Crippen LogP contribution in [0.25, 0.3) is 0 Å². The zero-order valence-corrected chi connectivity index (χ0v) is 13.2. The predicted octanol–water partition coefficient (Wildman–Crippen LogP) is 2.78. The highest BCUT2D eigenvalue weighted by molar-refractivity contribution is 5.62. The first kappa shape index (κ1) is 14.8. The number of para-hydroxylation sites is 1. The maximum Gasteiger partial charge on any atom is 0.138 e. The average molecular weight is 298 g/mol. The van der Waals surface area contributed by atoms with Crippen LogP contribution in [0, 0.1) is 6.92 Å². The molecule has 5 heteroatoms. The fourth-order valence-electron chi connectivity index (χ4n) is 2.71. The van der Waals surface area contributed by atoms with E-state index in [4.69, 9.17) is 4.74 Å². The molecule has 2 heterocycles. The van der Waals surface area contributed by atoms with Crippen LogP contribution in [-0.2, 0) is 4.74 Å². The van der Waals surface area contributed by atoms with Gasteiger partial charge in [-0.05, 0) is 26.0 Å². The summed E-state index contributed by atoms with van der Waals surface area (Å²) in [5.41, 5.74) is 1.15. The third-order valence-electron chi connectivity index (χ3n) is 3.81. The minimum absolute atomic E-state index is 0.758. The van der Waals surface area contributed by atoms with Gasteiger partial charge in [-0.15, -0.1) is 0 Å². The molecule has 0 N–H and O–H groups in total. The fraction of sp³-hybridized carbons (Fsp3) is 0.412. The van der Waals surface area contributed by atoms with Gasteiger partial charge < -0.3 is 14.5 Å². The van der Waals surface area contributed by atoms with E-state index in [0.717, 1.165) is 56.0 Å². The van der Waals surface area contributed by atoms with Crippen LogP contribution in [0.2, 0.25) is 0 Å². The highest BCUT2D eigenvalue weighted by Gasteiger charge is 2.16. The summed E-state index contributed by atoms with van der Waals surface area (Å²) < 4.78 is 5.42. The van der Waals surface area contributed by atoms with Crippen LogP contribution < -0.4 is 9.80 Å². The zero-order chi connectivity index (χ0) is 15.4. The molecule has 1 fully saturated rings. The van der Waals surface area contributed by atoms with Crippen molar-refractivity contribution in [2.75, 3.05) is 42.6 Å². The molecule has 22 heavy (non-hydrogen) atoms. The van der Waals surface area contributed by atoms with Crippen molar-refractivity contribution >= 4 is 17.3 Å². The number of morpholine rings is 1. The summed E-state index contributed by atoms with van der Waals surface area (Å²) in [7, 11) is 0. The van der Waals surface area contributed by atoms with Crippen molar-refractivity contribution in [3.63, 3.8) is 0 Å². The lowest BCUT2D eigenvalue weighted by molar-refractivity contribution is 0.122. The average Bonchev–Trinajstić information content (AvgIpc) is 2.57. The van der Waals surface area contributed by atoms with Crippen LogP contribution in [0.5, 0.6) is 0 Å². The normalized spacial score (nSPS) is 14.9. The van der Waals surface area contributed by atoms with Gasteiger partial charge in [-0.25, -0.2) is 9.97 Å². The predicted molar refractivity (Wildman–Crippen MR) is 88.9 cm³/mol. The maximum atomic E-state index is 5.42. The summed E-state index contributed by atoms with van der Waals surface area (Å²) in [5.74, 6) is 2.73. The molecule has 1 aromatic heterocycles. The second-order valence-corrected chi connectivity index (χ2v) is 5.31. The van der Waals surface area contributed by atoms with Crippen LogP contribution >= 0.6 is 0 Å². The largest absolute Gasteiger partial charge is 0.378 e.